The van der Waals surface area contributed by atoms with Gasteiger partial charge in [-0.3, -0.25) is 10.2 Å². The summed E-state index contributed by atoms with van der Waals surface area (Å²) in [4.78, 5) is 23.0. The topological polar surface area (TPSA) is 123 Å². The molecule has 0 heterocycles. The van der Waals surface area contributed by atoms with E-state index < -0.39 is 22.0 Å². The lowest BCUT2D eigenvalue weighted by Crippen LogP contribution is -2.42. The summed E-state index contributed by atoms with van der Waals surface area (Å²) in [6.07, 6.45) is -0.825. The maximum Gasteiger partial charge on any atom is 0.426 e. The summed E-state index contributed by atoms with van der Waals surface area (Å²) in [5, 5.41) is 0. The molecule has 0 saturated carbocycles. The quantitative estimate of drug-likeness (QED) is 0.645. The molecular formula is C14H21N3O6S. The highest BCUT2D eigenvalue weighted by molar-refractivity contribution is 7.89. The van der Waals surface area contributed by atoms with E-state index in [4.69, 9.17) is 4.74 Å². The molecule has 2 amide bonds. The van der Waals surface area contributed by atoms with Gasteiger partial charge in [0.2, 0.25) is 10.0 Å². The van der Waals surface area contributed by atoms with Crippen LogP contribution < -0.4 is 20.3 Å². The van der Waals surface area contributed by atoms with Crippen LogP contribution in [0.5, 0.6) is 5.75 Å². The van der Waals surface area contributed by atoms with E-state index in [0.717, 1.165) is 6.07 Å². The van der Waals surface area contributed by atoms with Crippen molar-refractivity contribution in [2.75, 3.05) is 13.7 Å². The predicted molar refractivity (Wildman–Crippen MR) is 86.1 cm³/mol. The summed E-state index contributed by atoms with van der Waals surface area (Å²) in [7, 11) is -2.54. The number of amides is 2. The second-order valence-electron chi connectivity index (χ2n) is 4.94. The van der Waals surface area contributed by atoms with Gasteiger partial charge in [-0.2, -0.15) is 0 Å². The van der Waals surface area contributed by atoms with Crippen LogP contribution in [0.25, 0.3) is 0 Å². The highest BCUT2D eigenvalue weighted by Gasteiger charge is 2.22. The predicted octanol–water partition coefficient (Wildman–Crippen LogP) is 0.773. The average molecular weight is 359 g/mol. The summed E-state index contributed by atoms with van der Waals surface area (Å²) in [6, 6.07) is 3.55. The van der Waals surface area contributed by atoms with Gasteiger partial charge in [0.1, 0.15) is 10.6 Å². The lowest BCUT2D eigenvalue weighted by atomic mass is 10.2. The first-order valence-corrected chi connectivity index (χ1v) is 8.63. The van der Waals surface area contributed by atoms with Crippen molar-refractivity contribution in [3.8, 4) is 5.75 Å². The SMILES string of the molecule is CCOC(=O)NNC(=O)c1ccc(OC)c(S(=O)(=O)NC(C)C)c1. The Kier molecular flexibility index (Phi) is 6.98. The Hall–Kier alpha value is -2.33. The van der Waals surface area contributed by atoms with Crippen molar-refractivity contribution in [1.82, 2.24) is 15.6 Å². The van der Waals surface area contributed by atoms with Crippen LogP contribution in [0.15, 0.2) is 23.1 Å². The van der Waals surface area contributed by atoms with E-state index in [1.54, 1.807) is 20.8 Å². The molecule has 0 atom stereocenters. The Labute approximate surface area is 140 Å². The molecule has 0 saturated heterocycles. The first-order chi connectivity index (χ1) is 11.2. The van der Waals surface area contributed by atoms with Crippen molar-refractivity contribution in [2.45, 2.75) is 31.7 Å². The van der Waals surface area contributed by atoms with E-state index in [0.29, 0.717) is 0 Å². The van der Waals surface area contributed by atoms with Gasteiger partial charge in [-0.05, 0) is 39.0 Å². The molecule has 24 heavy (non-hydrogen) atoms. The monoisotopic (exact) mass is 359 g/mol. The summed E-state index contributed by atoms with van der Waals surface area (Å²) < 4.78 is 36.7. The molecule has 0 aliphatic carbocycles. The minimum absolute atomic E-state index is 0.0247. The Morgan fingerprint density at radius 3 is 2.42 bits per heavy atom. The van der Waals surface area contributed by atoms with E-state index in [2.05, 4.69) is 14.9 Å². The minimum Gasteiger partial charge on any atom is -0.495 e. The zero-order chi connectivity index (χ0) is 18.3. The van der Waals surface area contributed by atoms with Gasteiger partial charge in [0.25, 0.3) is 5.91 Å². The number of carbonyl (C=O) groups excluding carboxylic acids is 2. The summed E-state index contributed by atoms with van der Waals surface area (Å²) >= 11 is 0. The zero-order valence-corrected chi connectivity index (χ0v) is 14.7. The number of rotatable bonds is 6. The van der Waals surface area contributed by atoms with Crippen molar-refractivity contribution in [2.24, 2.45) is 0 Å². The Morgan fingerprint density at radius 2 is 1.88 bits per heavy atom. The largest absolute Gasteiger partial charge is 0.495 e. The first-order valence-electron chi connectivity index (χ1n) is 7.14. The lowest BCUT2D eigenvalue weighted by molar-refractivity contribution is 0.0912. The van der Waals surface area contributed by atoms with Crippen molar-refractivity contribution in [1.29, 1.82) is 0 Å². The standard InChI is InChI=1S/C14H21N3O6S/c1-5-23-14(19)16-15-13(18)10-6-7-11(22-4)12(8-10)24(20,21)17-9(2)3/h6-9,17H,5H2,1-4H3,(H,15,18)(H,16,19). The molecule has 1 rings (SSSR count). The molecule has 0 fully saturated rings. The molecule has 0 unspecified atom stereocenters. The van der Waals surface area contributed by atoms with Crippen molar-refractivity contribution < 1.29 is 27.5 Å². The van der Waals surface area contributed by atoms with Gasteiger partial charge in [-0.1, -0.05) is 0 Å². The normalized spacial score (nSPS) is 11.0. The molecule has 0 aliphatic rings. The van der Waals surface area contributed by atoms with Crippen LogP contribution >= 0.6 is 0 Å². The van der Waals surface area contributed by atoms with Crippen LogP contribution in [0.3, 0.4) is 0 Å². The molecule has 134 valence electrons. The van der Waals surface area contributed by atoms with Crippen LogP contribution in [-0.4, -0.2) is 40.2 Å². The van der Waals surface area contributed by atoms with Crippen LogP contribution in [0.1, 0.15) is 31.1 Å². The van der Waals surface area contributed by atoms with E-state index in [9.17, 15) is 18.0 Å². The fraction of sp³-hybridized carbons (Fsp3) is 0.429. The maximum absolute atomic E-state index is 12.3. The summed E-state index contributed by atoms with van der Waals surface area (Å²) in [5.41, 5.74) is 4.19. The molecule has 0 aromatic heterocycles. The number of carbonyl (C=O) groups is 2. The number of ether oxygens (including phenoxy) is 2. The van der Waals surface area contributed by atoms with Crippen molar-refractivity contribution in [3.05, 3.63) is 23.8 Å². The van der Waals surface area contributed by atoms with Gasteiger partial charge < -0.3 is 9.47 Å². The Bertz CT molecular complexity index is 702. The molecule has 1 aromatic rings. The zero-order valence-electron chi connectivity index (χ0n) is 13.9. The number of nitrogens with one attached hydrogen (secondary N) is 3. The van der Waals surface area contributed by atoms with E-state index in [1.807, 2.05) is 5.43 Å². The fourth-order valence-electron chi connectivity index (χ4n) is 1.75. The molecular weight excluding hydrogens is 338 g/mol. The average Bonchev–Trinajstić information content (AvgIpc) is 2.51. The summed E-state index contributed by atoms with van der Waals surface area (Å²) in [5.74, 6) is -0.607. The van der Waals surface area contributed by atoms with Crippen LogP contribution in [0, 0.1) is 0 Å². The first kappa shape index (κ1) is 19.7. The van der Waals surface area contributed by atoms with Gasteiger partial charge in [0.15, 0.2) is 0 Å². The number of sulfonamides is 1. The van der Waals surface area contributed by atoms with Gasteiger partial charge in [-0.15, -0.1) is 0 Å². The van der Waals surface area contributed by atoms with Gasteiger partial charge in [-0.25, -0.2) is 23.4 Å². The van der Waals surface area contributed by atoms with Crippen LogP contribution in [0.4, 0.5) is 4.79 Å². The lowest BCUT2D eigenvalue weighted by Gasteiger charge is -2.14. The van der Waals surface area contributed by atoms with Gasteiger partial charge >= 0.3 is 6.09 Å². The third kappa shape index (κ3) is 5.39. The smallest absolute Gasteiger partial charge is 0.426 e. The van der Waals surface area contributed by atoms with E-state index >= 15 is 0 Å². The molecule has 0 bridgehead atoms. The van der Waals surface area contributed by atoms with Gasteiger partial charge in [0.05, 0.1) is 13.7 Å². The summed E-state index contributed by atoms with van der Waals surface area (Å²) in [6.45, 7) is 5.10. The number of hydrazine groups is 1. The molecule has 9 nitrogen and oxygen atoms in total. The molecule has 3 N–H and O–H groups in total. The van der Waals surface area contributed by atoms with Crippen molar-refractivity contribution in [3.63, 3.8) is 0 Å². The van der Waals surface area contributed by atoms with E-state index in [1.165, 1.54) is 19.2 Å². The molecule has 0 radical (unpaired) electrons. The van der Waals surface area contributed by atoms with Gasteiger partial charge in [0, 0.05) is 11.6 Å². The minimum atomic E-state index is -3.87. The third-order valence-electron chi connectivity index (χ3n) is 2.66. The fourth-order valence-corrected chi connectivity index (χ4v) is 3.19. The molecule has 10 heteroatoms. The third-order valence-corrected chi connectivity index (χ3v) is 4.34. The second-order valence-corrected chi connectivity index (χ2v) is 6.62. The van der Waals surface area contributed by atoms with Crippen molar-refractivity contribution >= 4 is 22.0 Å². The highest BCUT2D eigenvalue weighted by atomic mass is 32.2. The van der Waals surface area contributed by atoms with Crippen LogP contribution in [0.2, 0.25) is 0 Å². The molecule has 1 aromatic carbocycles. The Morgan fingerprint density at radius 1 is 1.21 bits per heavy atom. The number of hydrogen-bond acceptors (Lipinski definition) is 6. The molecule has 0 spiro atoms. The number of hydrogen-bond donors (Lipinski definition) is 3. The number of methoxy groups -OCH3 is 1. The molecule has 0 aliphatic heterocycles. The van der Waals surface area contributed by atoms with E-state index in [-0.39, 0.29) is 28.9 Å². The highest BCUT2D eigenvalue weighted by Crippen LogP contribution is 2.25. The Balaban J connectivity index is 3.05. The second kappa shape index (κ2) is 8.50. The number of benzene rings is 1. The van der Waals surface area contributed by atoms with Crippen LogP contribution in [-0.2, 0) is 14.8 Å². The maximum atomic E-state index is 12.3.